The van der Waals surface area contributed by atoms with Crippen molar-refractivity contribution in [2.45, 2.75) is 31.8 Å². The van der Waals surface area contributed by atoms with E-state index in [0.717, 1.165) is 35.3 Å². The van der Waals surface area contributed by atoms with Crippen molar-refractivity contribution in [2.75, 3.05) is 5.75 Å². The van der Waals surface area contributed by atoms with Gasteiger partial charge in [-0.3, -0.25) is 9.36 Å². The normalized spacial score (nSPS) is 11.8. The molecule has 2 heterocycles. The van der Waals surface area contributed by atoms with Crippen LogP contribution < -0.4 is 0 Å². The third-order valence-electron chi connectivity index (χ3n) is 4.11. The number of thioether (sulfide) groups is 1. The molecule has 0 saturated heterocycles. The number of hydrogen-bond acceptors (Lipinski definition) is 4. The van der Waals surface area contributed by atoms with Crippen molar-refractivity contribution in [1.29, 1.82) is 0 Å². The Labute approximate surface area is 158 Å². The standard InChI is InChI=1S/C19H17F3N2O2S/c1-11-7-16(13(3)24(11)18-8-12(2)26-23-18)17(25)10-27-15-6-4-5-14(9-15)19(20,21)22/h4-9H,10H2,1-3H3. The van der Waals surface area contributed by atoms with Crippen LogP contribution in [0.1, 0.15) is 33.1 Å². The average Bonchev–Trinajstić information content (AvgIpc) is 3.15. The lowest BCUT2D eigenvalue weighted by Gasteiger charge is -2.08. The van der Waals surface area contributed by atoms with Crippen molar-refractivity contribution >= 4 is 17.5 Å². The highest BCUT2D eigenvalue weighted by Gasteiger charge is 2.30. The Balaban J connectivity index is 1.78. The number of ketones is 1. The molecular formula is C19H17F3N2O2S. The fraction of sp³-hybridized carbons (Fsp3) is 0.263. The van der Waals surface area contributed by atoms with Crippen molar-refractivity contribution in [3.63, 3.8) is 0 Å². The average molecular weight is 394 g/mol. The first-order chi connectivity index (χ1) is 12.7. The lowest BCUT2D eigenvalue weighted by Crippen LogP contribution is -2.06. The predicted molar refractivity (Wildman–Crippen MR) is 96.5 cm³/mol. The number of alkyl halides is 3. The first-order valence-corrected chi connectivity index (χ1v) is 9.11. The molecule has 0 atom stereocenters. The zero-order valence-corrected chi connectivity index (χ0v) is 15.7. The molecule has 0 radical (unpaired) electrons. The fourth-order valence-electron chi connectivity index (χ4n) is 2.85. The number of hydrogen-bond donors (Lipinski definition) is 0. The van der Waals surface area contributed by atoms with Gasteiger partial charge in [0.05, 0.1) is 11.3 Å². The highest BCUT2D eigenvalue weighted by Crippen LogP contribution is 2.32. The second-order valence-corrected chi connectivity index (χ2v) is 7.20. The maximum absolute atomic E-state index is 12.8. The van der Waals surface area contributed by atoms with Gasteiger partial charge in [-0.2, -0.15) is 13.2 Å². The van der Waals surface area contributed by atoms with Crippen LogP contribution in [0.3, 0.4) is 0 Å². The Morgan fingerprint density at radius 1 is 1.19 bits per heavy atom. The summed E-state index contributed by atoms with van der Waals surface area (Å²) in [6.07, 6.45) is -4.40. The summed E-state index contributed by atoms with van der Waals surface area (Å²) in [5.74, 6) is 1.14. The maximum atomic E-state index is 12.8. The molecule has 0 aliphatic rings. The molecule has 3 rings (SSSR count). The van der Waals surface area contributed by atoms with Crippen LogP contribution in [-0.2, 0) is 6.18 Å². The molecule has 8 heteroatoms. The quantitative estimate of drug-likeness (QED) is 0.430. The zero-order valence-electron chi connectivity index (χ0n) is 14.9. The third kappa shape index (κ3) is 4.10. The van der Waals surface area contributed by atoms with E-state index in [4.69, 9.17) is 4.52 Å². The number of nitrogens with zero attached hydrogens (tertiary/aromatic N) is 2. The highest BCUT2D eigenvalue weighted by atomic mass is 32.2. The van der Waals surface area contributed by atoms with Crippen LogP contribution in [0.4, 0.5) is 13.2 Å². The van der Waals surface area contributed by atoms with Crippen LogP contribution in [0.25, 0.3) is 5.82 Å². The smallest absolute Gasteiger partial charge is 0.360 e. The van der Waals surface area contributed by atoms with Gasteiger partial charge in [0.25, 0.3) is 0 Å². The number of halogens is 3. The Kier molecular flexibility index (Phi) is 5.19. The number of benzene rings is 1. The summed E-state index contributed by atoms with van der Waals surface area (Å²) in [6, 6.07) is 8.50. The van der Waals surface area contributed by atoms with Crippen LogP contribution in [0.5, 0.6) is 0 Å². The van der Waals surface area contributed by atoms with Gasteiger partial charge < -0.3 is 4.52 Å². The second kappa shape index (κ2) is 7.26. The predicted octanol–water partition coefficient (Wildman–Crippen LogP) is 5.38. The molecule has 0 bridgehead atoms. The molecule has 142 valence electrons. The number of aryl methyl sites for hydroxylation is 2. The molecule has 0 aliphatic heterocycles. The van der Waals surface area contributed by atoms with E-state index >= 15 is 0 Å². The second-order valence-electron chi connectivity index (χ2n) is 6.15. The van der Waals surface area contributed by atoms with Crippen molar-refractivity contribution < 1.29 is 22.5 Å². The van der Waals surface area contributed by atoms with Crippen molar-refractivity contribution in [2.24, 2.45) is 0 Å². The van der Waals surface area contributed by atoms with Gasteiger partial charge in [-0.25, -0.2) is 0 Å². The number of Topliss-reactive ketones (excluding diaryl/α,β-unsaturated/α-hetero) is 1. The minimum Gasteiger partial charge on any atom is -0.360 e. The SMILES string of the molecule is Cc1cc(-n2c(C)cc(C(=O)CSc3cccc(C(F)(F)F)c3)c2C)no1. The fourth-order valence-corrected chi connectivity index (χ4v) is 3.68. The molecule has 0 N–H and O–H groups in total. The van der Waals surface area contributed by atoms with E-state index < -0.39 is 11.7 Å². The summed E-state index contributed by atoms with van der Waals surface area (Å²) in [4.78, 5) is 13.0. The van der Waals surface area contributed by atoms with Crippen LogP contribution in [0.2, 0.25) is 0 Å². The van der Waals surface area contributed by atoms with Gasteiger partial charge in [0.1, 0.15) is 5.76 Å². The monoisotopic (exact) mass is 394 g/mol. The summed E-state index contributed by atoms with van der Waals surface area (Å²) in [7, 11) is 0. The maximum Gasteiger partial charge on any atom is 0.416 e. The lowest BCUT2D eigenvalue weighted by atomic mass is 10.2. The minimum atomic E-state index is -4.40. The summed E-state index contributed by atoms with van der Waals surface area (Å²) >= 11 is 1.08. The molecule has 0 aliphatic carbocycles. The lowest BCUT2D eigenvalue weighted by molar-refractivity contribution is -0.137. The number of carbonyl (C=O) groups excluding carboxylic acids is 1. The van der Waals surface area contributed by atoms with E-state index in [2.05, 4.69) is 5.16 Å². The summed E-state index contributed by atoms with van der Waals surface area (Å²) in [6.45, 7) is 5.44. The van der Waals surface area contributed by atoms with Crippen LogP contribution in [0.15, 0.2) is 45.8 Å². The molecule has 0 saturated carbocycles. The molecule has 0 fully saturated rings. The van der Waals surface area contributed by atoms with Gasteiger partial charge in [0.2, 0.25) is 0 Å². The first-order valence-electron chi connectivity index (χ1n) is 8.12. The molecule has 0 unspecified atom stereocenters. The Hall–Kier alpha value is -2.48. The van der Waals surface area contributed by atoms with Gasteiger partial charge >= 0.3 is 6.18 Å². The Morgan fingerprint density at radius 3 is 2.56 bits per heavy atom. The van der Waals surface area contributed by atoms with Gasteiger partial charge in [0, 0.05) is 27.9 Å². The number of rotatable bonds is 5. The van der Waals surface area contributed by atoms with Gasteiger partial charge in [-0.15, -0.1) is 11.8 Å². The molecule has 27 heavy (non-hydrogen) atoms. The van der Waals surface area contributed by atoms with E-state index in [-0.39, 0.29) is 11.5 Å². The van der Waals surface area contributed by atoms with E-state index in [1.165, 1.54) is 6.07 Å². The Morgan fingerprint density at radius 2 is 1.93 bits per heavy atom. The Bertz CT molecular complexity index is 989. The first kappa shape index (κ1) is 19.3. The zero-order chi connectivity index (χ0) is 19.8. The van der Waals surface area contributed by atoms with Crippen LogP contribution in [-0.4, -0.2) is 21.3 Å². The van der Waals surface area contributed by atoms with Crippen LogP contribution >= 0.6 is 11.8 Å². The summed E-state index contributed by atoms with van der Waals surface area (Å²) in [5.41, 5.74) is 1.34. The van der Waals surface area contributed by atoms with E-state index in [0.29, 0.717) is 22.0 Å². The van der Waals surface area contributed by atoms with Crippen LogP contribution in [0, 0.1) is 20.8 Å². The number of carbonyl (C=O) groups is 1. The number of aromatic nitrogens is 2. The van der Waals surface area contributed by atoms with E-state index in [1.807, 2.05) is 11.5 Å². The van der Waals surface area contributed by atoms with E-state index in [1.54, 1.807) is 32.0 Å². The van der Waals surface area contributed by atoms with Gasteiger partial charge in [0.15, 0.2) is 11.6 Å². The van der Waals surface area contributed by atoms with Crippen molar-refractivity contribution in [3.05, 3.63) is 64.7 Å². The molecule has 1 aromatic carbocycles. The third-order valence-corrected chi connectivity index (χ3v) is 5.10. The molecule has 3 aromatic rings. The minimum absolute atomic E-state index is 0.0451. The summed E-state index contributed by atoms with van der Waals surface area (Å²) in [5, 5.41) is 3.97. The summed E-state index contributed by atoms with van der Waals surface area (Å²) < 4.78 is 45.3. The molecule has 2 aromatic heterocycles. The van der Waals surface area contributed by atoms with Crippen molar-refractivity contribution in [1.82, 2.24) is 9.72 Å². The van der Waals surface area contributed by atoms with Gasteiger partial charge in [-0.1, -0.05) is 11.2 Å². The topological polar surface area (TPSA) is 48.0 Å². The van der Waals surface area contributed by atoms with Gasteiger partial charge in [-0.05, 0) is 45.0 Å². The van der Waals surface area contributed by atoms with E-state index in [9.17, 15) is 18.0 Å². The molecule has 0 amide bonds. The largest absolute Gasteiger partial charge is 0.416 e. The highest BCUT2D eigenvalue weighted by molar-refractivity contribution is 8.00. The molecular weight excluding hydrogens is 377 g/mol. The molecule has 0 spiro atoms. The van der Waals surface area contributed by atoms with Crippen molar-refractivity contribution in [3.8, 4) is 5.82 Å². The molecule has 4 nitrogen and oxygen atoms in total.